The molecule has 1 aliphatic heterocycles. The van der Waals surface area contributed by atoms with Crippen LogP contribution < -0.4 is 5.32 Å². The number of nitrogens with zero attached hydrogens (tertiary/aromatic N) is 4. The number of carbonyl (C=O) groups is 1. The molecule has 0 radical (unpaired) electrons. The number of hydrogen-bond acceptors (Lipinski definition) is 5. The quantitative estimate of drug-likeness (QED) is 0.528. The number of pyridine rings is 1. The third kappa shape index (κ3) is 5.36. The van der Waals surface area contributed by atoms with Gasteiger partial charge in [-0.15, -0.1) is 0 Å². The number of rotatable bonds is 5. The van der Waals surface area contributed by atoms with Crippen LogP contribution in [0.5, 0.6) is 0 Å². The molecule has 1 saturated heterocycles. The van der Waals surface area contributed by atoms with Gasteiger partial charge in [-0.05, 0) is 29.8 Å². The Balaban J connectivity index is 1.53. The molecule has 1 N–H and O–H groups in total. The Hall–Kier alpha value is -2.91. The van der Waals surface area contributed by atoms with Crippen LogP contribution in [0.2, 0.25) is 10.0 Å². The van der Waals surface area contributed by atoms with E-state index < -0.39 is 11.7 Å². The highest BCUT2D eigenvalue weighted by Gasteiger charge is 2.37. The van der Waals surface area contributed by atoms with Crippen LogP contribution in [0.3, 0.4) is 0 Å². The maximum absolute atomic E-state index is 12.9. The molecule has 0 spiro atoms. The van der Waals surface area contributed by atoms with Crippen molar-refractivity contribution in [3.8, 4) is 0 Å². The molecule has 1 fully saturated rings. The molecule has 6 nitrogen and oxygen atoms in total. The number of carbonyl (C=O) groups excluding carboxylic acids is 1. The number of alkyl halides is 3. The molecule has 2 atom stereocenters. The highest BCUT2D eigenvalue weighted by Crippen LogP contribution is 2.36. The van der Waals surface area contributed by atoms with Gasteiger partial charge in [0.2, 0.25) is 0 Å². The molecule has 172 valence electrons. The molecule has 1 unspecified atom stereocenters. The molecule has 1 amide bonds. The summed E-state index contributed by atoms with van der Waals surface area (Å²) in [5.74, 6) is -0.0767. The number of anilines is 1. The van der Waals surface area contributed by atoms with Gasteiger partial charge in [0.25, 0.3) is 5.91 Å². The predicted octanol–water partition coefficient (Wildman–Crippen LogP) is 5.17. The molecule has 0 saturated carbocycles. The topological polar surface area (TPSA) is 71.0 Å². The Kier molecular flexibility index (Phi) is 6.71. The lowest BCUT2D eigenvalue weighted by molar-refractivity contribution is -0.137. The second-order valence-electron chi connectivity index (χ2n) is 7.65. The lowest BCUT2D eigenvalue weighted by Gasteiger charge is -2.20. The van der Waals surface area contributed by atoms with E-state index in [0.29, 0.717) is 35.5 Å². The van der Waals surface area contributed by atoms with Gasteiger partial charge in [0.15, 0.2) is 0 Å². The van der Waals surface area contributed by atoms with E-state index in [1.54, 1.807) is 17.0 Å². The van der Waals surface area contributed by atoms with Crippen molar-refractivity contribution in [1.82, 2.24) is 19.9 Å². The van der Waals surface area contributed by atoms with Crippen molar-refractivity contribution in [3.05, 3.63) is 82.0 Å². The van der Waals surface area contributed by atoms with Gasteiger partial charge in [-0.3, -0.25) is 9.78 Å². The summed E-state index contributed by atoms with van der Waals surface area (Å²) in [5.41, 5.74) is 0.331. The lowest BCUT2D eigenvalue weighted by Crippen LogP contribution is -2.30. The number of amides is 1. The van der Waals surface area contributed by atoms with Crippen LogP contribution in [0, 0.1) is 5.92 Å². The summed E-state index contributed by atoms with van der Waals surface area (Å²) in [7, 11) is 0. The number of aromatic nitrogens is 3. The molecule has 0 bridgehead atoms. The summed E-state index contributed by atoms with van der Waals surface area (Å²) in [5, 5.41) is 3.92. The van der Waals surface area contributed by atoms with Crippen LogP contribution in [0.25, 0.3) is 0 Å². The molecule has 3 heterocycles. The highest BCUT2D eigenvalue weighted by molar-refractivity contribution is 6.42. The fourth-order valence-corrected chi connectivity index (χ4v) is 4.14. The summed E-state index contributed by atoms with van der Waals surface area (Å²) in [4.78, 5) is 26.5. The Bertz CT molecular complexity index is 1130. The van der Waals surface area contributed by atoms with Crippen LogP contribution >= 0.6 is 23.2 Å². The van der Waals surface area contributed by atoms with Crippen molar-refractivity contribution < 1.29 is 18.0 Å². The molecule has 3 aromatic rings. The first kappa shape index (κ1) is 23.3. The minimum Gasteiger partial charge on any atom is -0.370 e. The van der Waals surface area contributed by atoms with E-state index in [9.17, 15) is 18.0 Å². The van der Waals surface area contributed by atoms with Gasteiger partial charge >= 0.3 is 6.18 Å². The van der Waals surface area contributed by atoms with E-state index in [1.807, 2.05) is 6.07 Å². The van der Waals surface area contributed by atoms with Gasteiger partial charge in [-0.25, -0.2) is 9.97 Å². The van der Waals surface area contributed by atoms with Crippen LogP contribution in [-0.2, 0) is 6.18 Å². The molecule has 1 aliphatic rings. The van der Waals surface area contributed by atoms with E-state index in [4.69, 9.17) is 23.2 Å². The maximum Gasteiger partial charge on any atom is 0.417 e. The first-order valence-corrected chi connectivity index (χ1v) is 10.8. The molecule has 4 rings (SSSR count). The highest BCUT2D eigenvalue weighted by atomic mass is 35.5. The van der Waals surface area contributed by atoms with Crippen molar-refractivity contribution >= 4 is 34.9 Å². The fraction of sp³-hybridized carbons (Fsp3) is 0.273. The summed E-state index contributed by atoms with van der Waals surface area (Å²) in [6.07, 6.45) is 0.695. The van der Waals surface area contributed by atoms with Gasteiger partial charge in [0.1, 0.15) is 11.5 Å². The Labute approximate surface area is 197 Å². The molecule has 1 aromatic carbocycles. The summed E-state index contributed by atoms with van der Waals surface area (Å²) >= 11 is 12.3. The van der Waals surface area contributed by atoms with Crippen molar-refractivity contribution in [3.63, 3.8) is 0 Å². The lowest BCUT2D eigenvalue weighted by atomic mass is 9.89. The number of likely N-dealkylation sites (tertiary alicyclic amines) is 1. The van der Waals surface area contributed by atoms with Crippen molar-refractivity contribution in [2.45, 2.75) is 12.1 Å². The number of halogens is 5. The first-order valence-electron chi connectivity index (χ1n) is 9.99. The molecule has 33 heavy (non-hydrogen) atoms. The first-order chi connectivity index (χ1) is 15.7. The van der Waals surface area contributed by atoms with Crippen molar-refractivity contribution in [1.29, 1.82) is 0 Å². The maximum atomic E-state index is 12.9. The number of nitrogens with one attached hydrogen (secondary N) is 1. The molecular formula is C22H18Cl2F3N5O. The molecule has 2 aromatic heterocycles. The zero-order valence-corrected chi connectivity index (χ0v) is 18.6. The van der Waals surface area contributed by atoms with Gasteiger partial charge in [-0.2, -0.15) is 13.2 Å². The van der Waals surface area contributed by atoms with E-state index >= 15 is 0 Å². The number of hydrogen-bond donors (Lipinski definition) is 1. The predicted molar refractivity (Wildman–Crippen MR) is 118 cm³/mol. The van der Waals surface area contributed by atoms with Gasteiger partial charge in [-0.1, -0.05) is 29.3 Å². The molecule has 11 heteroatoms. The van der Waals surface area contributed by atoms with Gasteiger partial charge < -0.3 is 10.2 Å². The SMILES string of the molecule is O=C(c1cnccn1)N1CC(CNc2ccc(C(F)(F)F)cn2)[C@@H](c2ccc(Cl)c(Cl)c2)C1. The average Bonchev–Trinajstić information content (AvgIpc) is 3.23. The van der Waals surface area contributed by atoms with E-state index in [1.165, 1.54) is 24.7 Å². The summed E-state index contributed by atoms with van der Waals surface area (Å²) < 4.78 is 38.3. The van der Waals surface area contributed by atoms with Crippen LogP contribution in [-0.4, -0.2) is 45.4 Å². The normalized spacial score (nSPS) is 18.4. The van der Waals surface area contributed by atoms with Crippen molar-refractivity contribution in [2.75, 3.05) is 25.0 Å². The zero-order chi connectivity index (χ0) is 23.6. The second kappa shape index (κ2) is 9.52. The third-order valence-electron chi connectivity index (χ3n) is 5.52. The van der Waals surface area contributed by atoms with Crippen LogP contribution in [0.4, 0.5) is 19.0 Å². The molecule has 0 aliphatic carbocycles. The Morgan fingerprint density at radius 1 is 1.06 bits per heavy atom. The fourth-order valence-electron chi connectivity index (χ4n) is 3.84. The monoisotopic (exact) mass is 495 g/mol. The smallest absolute Gasteiger partial charge is 0.370 e. The van der Waals surface area contributed by atoms with E-state index in [-0.39, 0.29) is 23.4 Å². The summed E-state index contributed by atoms with van der Waals surface area (Å²) in [6.45, 7) is 1.21. The number of benzene rings is 1. The van der Waals surface area contributed by atoms with E-state index in [0.717, 1.165) is 17.8 Å². The minimum absolute atomic E-state index is 0.0630. The minimum atomic E-state index is -4.45. The Morgan fingerprint density at radius 3 is 2.52 bits per heavy atom. The second-order valence-corrected chi connectivity index (χ2v) is 8.47. The third-order valence-corrected chi connectivity index (χ3v) is 6.26. The Morgan fingerprint density at radius 2 is 1.88 bits per heavy atom. The van der Waals surface area contributed by atoms with Crippen LogP contribution in [0.15, 0.2) is 55.1 Å². The largest absolute Gasteiger partial charge is 0.417 e. The van der Waals surface area contributed by atoms with Crippen LogP contribution in [0.1, 0.15) is 27.5 Å². The van der Waals surface area contributed by atoms with Gasteiger partial charge in [0.05, 0.1) is 21.8 Å². The van der Waals surface area contributed by atoms with Gasteiger partial charge in [0, 0.05) is 50.1 Å². The zero-order valence-electron chi connectivity index (χ0n) is 17.1. The van der Waals surface area contributed by atoms with Crippen molar-refractivity contribution in [2.24, 2.45) is 5.92 Å². The standard InChI is InChI=1S/C22H18Cl2F3N5O/c23-17-3-1-13(7-18(17)24)16-12-32(21(33)19-10-28-5-6-29-19)11-14(16)8-30-20-4-2-15(9-31-20)22(25,26)27/h1-7,9-10,14,16H,8,11-12H2,(H,30,31)/t14?,16-/m1/s1. The average molecular weight is 496 g/mol. The molecular weight excluding hydrogens is 478 g/mol. The summed E-state index contributed by atoms with van der Waals surface area (Å²) in [6, 6.07) is 7.60. The van der Waals surface area contributed by atoms with E-state index in [2.05, 4.69) is 20.3 Å².